The molecule has 4 nitrogen and oxygen atoms in total. The number of rotatable bonds is 5. The lowest BCUT2D eigenvalue weighted by atomic mass is 9.78. The van der Waals surface area contributed by atoms with E-state index in [4.69, 9.17) is 4.98 Å². The first kappa shape index (κ1) is 15.1. The van der Waals surface area contributed by atoms with Crippen LogP contribution in [-0.2, 0) is 6.42 Å². The highest BCUT2D eigenvalue weighted by Gasteiger charge is 2.29. The number of hydrogen-bond acceptors (Lipinski definition) is 4. The second kappa shape index (κ2) is 6.42. The Labute approximate surface area is 123 Å². The molecule has 1 aliphatic heterocycles. The van der Waals surface area contributed by atoms with Gasteiger partial charge in [-0.15, -0.1) is 0 Å². The van der Waals surface area contributed by atoms with E-state index < -0.39 is 0 Å². The van der Waals surface area contributed by atoms with Gasteiger partial charge in [0.15, 0.2) is 0 Å². The van der Waals surface area contributed by atoms with Crippen LogP contribution in [0.1, 0.15) is 52.3 Å². The van der Waals surface area contributed by atoms with Crippen molar-refractivity contribution >= 4 is 11.6 Å². The van der Waals surface area contributed by atoms with E-state index >= 15 is 0 Å². The van der Waals surface area contributed by atoms with Crippen molar-refractivity contribution in [2.45, 2.75) is 52.9 Å². The van der Waals surface area contributed by atoms with Gasteiger partial charge in [0.1, 0.15) is 17.5 Å². The lowest BCUT2D eigenvalue weighted by Gasteiger charge is -2.39. The van der Waals surface area contributed by atoms with Crippen LogP contribution in [0.3, 0.4) is 0 Å². The van der Waals surface area contributed by atoms with Crippen molar-refractivity contribution in [3.05, 3.63) is 11.9 Å². The van der Waals surface area contributed by atoms with E-state index in [2.05, 4.69) is 42.0 Å². The van der Waals surface area contributed by atoms with Crippen LogP contribution in [0.2, 0.25) is 0 Å². The summed E-state index contributed by atoms with van der Waals surface area (Å²) in [4.78, 5) is 11.7. The normalized spacial score (nSPS) is 18.1. The highest BCUT2D eigenvalue weighted by molar-refractivity contribution is 5.49. The summed E-state index contributed by atoms with van der Waals surface area (Å²) in [6, 6.07) is 2.08. The van der Waals surface area contributed by atoms with Crippen LogP contribution in [0.25, 0.3) is 0 Å². The molecule has 4 heteroatoms. The Kier molecular flexibility index (Phi) is 4.84. The first-order chi connectivity index (χ1) is 9.60. The van der Waals surface area contributed by atoms with Crippen molar-refractivity contribution < 1.29 is 0 Å². The summed E-state index contributed by atoms with van der Waals surface area (Å²) in [6.45, 7) is 9.10. The Bertz CT molecular complexity index is 436. The van der Waals surface area contributed by atoms with Gasteiger partial charge in [-0.3, -0.25) is 0 Å². The van der Waals surface area contributed by atoms with Gasteiger partial charge in [0.2, 0.25) is 0 Å². The molecule has 0 bridgehead atoms. The maximum atomic E-state index is 4.74. The monoisotopic (exact) mass is 276 g/mol. The maximum Gasteiger partial charge on any atom is 0.134 e. The summed E-state index contributed by atoms with van der Waals surface area (Å²) < 4.78 is 0. The minimum absolute atomic E-state index is 0.515. The third-order valence-corrected chi connectivity index (χ3v) is 4.64. The molecule has 2 rings (SSSR count). The maximum absolute atomic E-state index is 4.74. The number of hydrogen-bond donors (Lipinski definition) is 1. The topological polar surface area (TPSA) is 41.1 Å². The Balaban J connectivity index is 2.14. The molecule has 0 atom stereocenters. The summed E-state index contributed by atoms with van der Waals surface area (Å²) in [7, 11) is 1.92. The molecule has 0 amide bonds. The van der Waals surface area contributed by atoms with Gasteiger partial charge in [-0.1, -0.05) is 27.2 Å². The molecule has 20 heavy (non-hydrogen) atoms. The smallest absolute Gasteiger partial charge is 0.134 e. The predicted molar refractivity (Wildman–Crippen MR) is 85.4 cm³/mol. The fraction of sp³-hybridized carbons (Fsp3) is 0.750. The van der Waals surface area contributed by atoms with Crippen molar-refractivity contribution in [3.8, 4) is 0 Å². The van der Waals surface area contributed by atoms with E-state index in [0.717, 1.165) is 43.4 Å². The minimum Gasteiger partial charge on any atom is -0.373 e. The first-order valence-electron chi connectivity index (χ1n) is 7.91. The molecule has 0 aliphatic carbocycles. The number of nitrogens with one attached hydrogen (secondary N) is 1. The molecule has 0 radical (unpaired) electrons. The SMILES string of the molecule is CCCc1nc(NC)cc(N2CCC(C)(CC)CC2)n1. The molecule has 0 unspecified atom stereocenters. The Morgan fingerprint density at radius 3 is 2.50 bits per heavy atom. The third-order valence-electron chi connectivity index (χ3n) is 4.64. The zero-order valence-electron chi connectivity index (χ0n) is 13.4. The highest BCUT2D eigenvalue weighted by Crippen LogP contribution is 2.35. The van der Waals surface area contributed by atoms with Gasteiger partial charge in [0.25, 0.3) is 0 Å². The van der Waals surface area contributed by atoms with Gasteiger partial charge in [-0.05, 0) is 24.7 Å². The summed E-state index contributed by atoms with van der Waals surface area (Å²) in [5, 5.41) is 3.15. The summed E-state index contributed by atoms with van der Waals surface area (Å²) in [5.74, 6) is 2.98. The molecule has 2 heterocycles. The number of anilines is 2. The van der Waals surface area contributed by atoms with Gasteiger partial charge >= 0.3 is 0 Å². The average molecular weight is 276 g/mol. The van der Waals surface area contributed by atoms with Gasteiger partial charge in [-0.2, -0.15) is 0 Å². The Hall–Kier alpha value is -1.32. The fourth-order valence-corrected chi connectivity index (χ4v) is 2.74. The highest BCUT2D eigenvalue weighted by atomic mass is 15.2. The van der Waals surface area contributed by atoms with Crippen molar-refractivity contribution in [1.82, 2.24) is 9.97 Å². The van der Waals surface area contributed by atoms with Crippen LogP contribution in [0.4, 0.5) is 11.6 Å². The third kappa shape index (κ3) is 3.41. The van der Waals surface area contributed by atoms with Crippen molar-refractivity contribution in [2.24, 2.45) is 5.41 Å². The zero-order chi connectivity index (χ0) is 14.6. The van der Waals surface area contributed by atoms with Gasteiger partial charge in [-0.25, -0.2) is 9.97 Å². The van der Waals surface area contributed by atoms with Crippen LogP contribution in [0, 0.1) is 5.41 Å². The number of nitrogens with zero attached hydrogens (tertiary/aromatic N) is 3. The van der Waals surface area contributed by atoms with E-state index in [1.807, 2.05) is 7.05 Å². The Morgan fingerprint density at radius 2 is 1.95 bits per heavy atom. The Morgan fingerprint density at radius 1 is 1.25 bits per heavy atom. The summed E-state index contributed by atoms with van der Waals surface area (Å²) in [5.41, 5.74) is 0.515. The number of aromatic nitrogens is 2. The van der Waals surface area contributed by atoms with Gasteiger partial charge < -0.3 is 10.2 Å². The molecule has 0 spiro atoms. The van der Waals surface area contributed by atoms with Crippen molar-refractivity contribution in [1.29, 1.82) is 0 Å². The van der Waals surface area contributed by atoms with E-state index in [9.17, 15) is 0 Å². The largest absolute Gasteiger partial charge is 0.373 e. The van der Waals surface area contributed by atoms with Crippen LogP contribution in [-0.4, -0.2) is 30.1 Å². The molecule has 1 N–H and O–H groups in total. The molecule has 1 fully saturated rings. The van der Waals surface area contributed by atoms with Gasteiger partial charge in [0, 0.05) is 32.6 Å². The number of aryl methyl sites for hydroxylation is 1. The van der Waals surface area contributed by atoms with E-state index in [0.29, 0.717) is 5.41 Å². The standard InChI is InChI=1S/C16H28N4/c1-5-7-13-18-14(17-4)12-15(19-13)20-10-8-16(3,6-2)9-11-20/h12H,5-11H2,1-4H3,(H,17,18,19). The minimum atomic E-state index is 0.515. The molecule has 1 aliphatic rings. The molecule has 112 valence electrons. The summed E-state index contributed by atoms with van der Waals surface area (Å²) in [6.07, 6.45) is 5.81. The molecular formula is C16H28N4. The number of piperidine rings is 1. The second-order valence-electron chi connectivity index (χ2n) is 6.18. The molecular weight excluding hydrogens is 248 g/mol. The van der Waals surface area contributed by atoms with Crippen LogP contribution in [0.15, 0.2) is 6.07 Å². The zero-order valence-corrected chi connectivity index (χ0v) is 13.4. The van der Waals surface area contributed by atoms with Crippen molar-refractivity contribution in [2.75, 3.05) is 30.4 Å². The summed E-state index contributed by atoms with van der Waals surface area (Å²) >= 11 is 0. The molecule has 1 aromatic heterocycles. The first-order valence-corrected chi connectivity index (χ1v) is 7.91. The average Bonchev–Trinajstić information content (AvgIpc) is 2.48. The quantitative estimate of drug-likeness (QED) is 0.894. The van der Waals surface area contributed by atoms with E-state index in [1.165, 1.54) is 19.3 Å². The van der Waals surface area contributed by atoms with Crippen LogP contribution < -0.4 is 10.2 Å². The lowest BCUT2D eigenvalue weighted by Crippen LogP contribution is -2.39. The lowest BCUT2D eigenvalue weighted by molar-refractivity contribution is 0.237. The fourth-order valence-electron chi connectivity index (χ4n) is 2.74. The van der Waals surface area contributed by atoms with E-state index in [-0.39, 0.29) is 0 Å². The van der Waals surface area contributed by atoms with Crippen molar-refractivity contribution in [3.63, 3.8) is 0 Å². The van der Waals surface area contributed by atoms with Gasteiger partial charge in [0.05, 0.1) is 0 Å². The predicted octanol–water partition coefficient (Wildman–Crippen LogP) is 3.49. The molecule has 0 saturated carbocycles. The van der Waals surface area contributed by atoms with E-state index in [1.54, 1.807) is 0 Å². The molecule has 1 aromatic rings. The second-order valence-corrected chi connectivity index (χ2v) is 6.18. The molecule has 0 aromatic carbocycles. The van der Waals surface area contributed by atoms with Crippen LogP contribution in [0.5, 0.6) is 0 Å². The molecule has 1 saturated heterocycles. The van der Waals surface area contributed by atoms with Crippen LogP contribution >= 0.6 is 0 Å².